The van der Waals surface area contributed by atoms with E-state index in [4.69, 9.17) is 0 Å². The van der Waals surface area contributed by atoms with Crippen molar-refractivity contribution in [3.63, 3.8) is 0 Å². The molecule has 0 atom stereocenters. The molecule has 158 valence electrons. The van der Waals surface area contributed by atoms with E-state index in [1.807, 2.05) is 26.8 Å². The number of carbonyl (C=O) groups excluding carboxylic acids is 1. The van der Waals surface area contributed by atoms with Crippen molar-refractivity contribution in [1.29, 1.82) is 0 Å². The zero-order chi connectivity index (χ0) is 22.2. The number of nitrogens with one attached hydrogen (secondary N) is 2. The highest BCUT2D eigenvalue weighted by atomic mass is 32.2. The topological polar surface area (TPSA) is 88.2 Å². The Morgan fingerprint density at radius 2 is 1.58 bits per heavy atom. The molecule has 1 heterocycles. The highest BCUT2D eigenvalue weighted by Crippen LogP contribution is 2.30. The molecule has 0 radical (unpaired) electrons. The lowest BCUT2D eigenvalue weighted by atomic mass is 10.1. The van der Waals surface area contributed by atoms with E-state index in [0.717, 1.165) is 26.9 Å². The Morgan fingerprint density at radius 3 is 2.26 bits per heavy atom. The normalized spacial score (nSPS) is 11.5. The molecule has 4 rings (SSSR count). The van der Waals surface area contributed by atoms with Crippen molar-refractivity contribution in [2.75, 3.05) is 10.0 Å². The lowest BCUT2D eigenvalue weighted by Crippen LogP contribution is -2.14. The Morgan fingerprint density at radius 1 is 0.903 bits per heavy atom. The van der Waals surface area contributed by atoms with Gasteiger partial charge in [-0.1, -0.05) is 35.1 Å². The van der Waals surface area contributed by atoms with E-state index < -0.39 is 10.0 Å². The molecule has 31 heavy (non-hydrogen) atoms. The van der Waals surface area contributed by atoms with Crippen LogP contribution in [0.2, 0.25) is 0 Å². The molecular formula is C23H21N3O3S2. The van der Waals surface area contributed by atoms with Crippen LogP contribution in [0.5, 0.6) is 0 Å². The van der Waals surface area contributed by atoms with Crippen LogP contribution in [0.1, 0.15) is 27.0 Å². The SMILES string of the molecule is Cc1ccc(S(=O)(=O)Nc2ccc(C(=O)Nc3nc4cc(C)cc(C)c4s3)cc2)cc1. The summed E-state index contributed by atoms with van der Waals surface area (Å²) in [5.41, 5.74) is 4.87. The first-order valence-electron chi connectivity index (χ1n) is 9.60. The number of rotatable bonds is 5. The van der Waals surface area contributed by atoms with Gasteiger partial charge in [0.1, 0.15) is 0 Å². The van der Waals surface area contributed by atoms with Crippen molar-refractivity contribution in [3.8, 4) is 0 Å². The molecule has 0 aliphatic rings. The predicted octanol–water partition coefficient (Wildman–Crippen LogP) is 5.27. The maximum absolute atomic E-state index is 12.6. The molecule has 0 aliphatic carbocycles. The Balaban J connectivity index is 1.48. The number of aromatic nitrogens is 1. The number of fused-ring (bicyclic) bond motifs is 1. The van der Waals surface area contributed by atoms with Gasteiger partial charge in [-0.2, -0.15) is 0 Å². The minimum Gasteiger partial charge on any atom is -0.298 e. The summed E-state index contributed by atoms with van der Waals surface area (Å²) in [6, 6.07) is 16.9. The van der Waals surface area contributed by atoms with Crippen LogP contribution in [0, 0.1) is 20.8 Å². The number of carbonyl (C=O) groups is 1. The molecule has 6 nitrogen and oxygen atoms in total. The molecule has 1 amide bonds. The third-order valence-corrected chi connectivity index (χ3v) is 7.29. The van der Waals surface area contributed by atoms with Gasteiger partial charge in [0.05, 0.1) is 15.1 Å². The molecule has 0 bridgehead atoms. The average Bonchev–Trinajstić information content (AvgIpc) is 3.11. The molecule has 0 aliphatic heterocycles. The number of hydrogen-bond donors (Lipinski definition) is 2. The minimum atomic E-state index is -3.69. The van der Waals surface area contributed by atoms with Crippen LogP contribution in [-0.2, 0) is 10.0 Å². The Labute approximate surface area is 185 Å². The van der Waals surface area contributed by atoms with E-state index >= 15 is 0 Å². The summed E-state index contributed by atoms with van der Waals surface area (Å²) in [6.07, 6.45) is 0. The van der Waals surface area contributed by atoms with Gasteiger partial charge in [0.25, 0.3) is 15.9 Å². The third kappa shape index (κ3) is 4.60. The number of aryl methyl sites for hydroxylation is 3. The summed E-state index contributed by atoms with van der Waals surface area (Å²) in [6.45, 7) is 5.93. The van der Waals surface area contributed by atoms with Gasteiger partial charge in [0, 0.05) is 11.3 Å². The number of hydrogen-bond acceptors (Lipinski definition) is 5. The lowest BCUT2D eigenvalue weighted by Gasteiger charge is -2.09. The quantitative estimate of drug-likeness (QED) is 0.432. The van der Waals surface area contributed by atoms with Gasteiger partial charge in [-0.25, -0.2) is 13.4 Å². The van der Waals surface area contributed by atoms with Crippen molar-refractivity contribution in [2.45, 2.75) is 25.7 Å². The Kier molecular flexibility index (Phi) is 5.51. The fourth-order valence-corrected chi connectivity index (χ4v) is 5.19. The maximum Gasteiger partial charge on any atom is 0.261 e. The van der Waals surface area contributed by atoms with Gasteiger partial charge in [0.2, 0.25) is 0 Å². The summed E-state index contributed by atoms with van der Waals surface area (Å²) < 4.78 is 28.6. The number of amides is 1. The predicted molar refractivity (Wildman–Crippen MR) is 125 cm³/mol. The molecule has 0 saturated carbocycles. The minimum absolute atomic E-state index is 0.182. The van der Waals surface area contributed by atoms with Crippen molar-refractivity contribution in [2.24, 2.45) is 0 Å². The Bertz CT molecular complexity index is 1370. The van der Waals surface area contributed by atoms with Crippen LogP contribution in [0.3, 0.4) is 0 Å². The van der Waals surface area contributed by atoms with E-state index in [1.54, 1.807) is 48.5 Å². The molecule has 0 unspecified atom stereocenters. The molecular weight excluding hydrogens is 430 g/mol. The molecule has 3 aromatic carbocycles. The van der Waals surface area contributed by atoms with Gasteiger partial charge in [0.15, 0.2) is 5.13 Å². The first kappa shape index (κ1) is 21.0. The highest BCUT2D eigenvalue weighted by molar-refractivity contribution is 7.92. The molecule has 0 spiro atoms. The number of thiazole rings is 1. The zero-order valence-corrected chi connectivity index (χ0v) is 18.9. The van der Waals surface area contributed by atoms with Crippen LogP contribution < -0.4 is 10.0 Å². The van der Waals surface area contributed by atoms with Gasteiger partial charge in [-0.15, -0.1) is 0 Å². The fourth-order valence-electron chi connectivity index (χ4n) is 3.22. The first-order valence-corrected chi connectivity index (χ1v) is 11.9. The second kappa shape index (κ2) is 8.13. The van der Waals surface area contributed by atoms with Gasteiger partial charge < -0.3 is 0 Å². The molecule has 0 fully saturated rings. The molecule has 0 saturated heterocycles. The van der Waals surface area contributed by atoms with E-state index in [2.05, 4.69) is 21.1 Å². The molecule has 1 aromatic heterocycles. The fraction of sp³-hybridized carbons (Fsp3) is 0.130. The van der Waals surface area contributed by atoms with Crippen LogP contribution >= 0.6 is 11.3 Å². The van der Waals surface area contributed by atoms with Gasteiger partial charge >= 0.3 is 0 Å². The van der Waals surface area contributed by atoms with E-state index in [-0.39, 0.29) is 10.8 Å². The number of nitrogens with zero attached hydrogens (tertiary/aromatic N) is 1. The monoisotopic (exact) mass is 451 g/mol. The molecule has 4 aromatic rings. The lowest BCUT2D eigenvalue weighted by molar-refractivity contribution is 0.102. The summed E-state index contributed by atoms with van der Waals surface area (Å²) in [7, 11) is -3.69. The van der Waals surface area contributed by atoms with E-state index in [1.165, 1.54) is 11.3 Å². The van der Waals surface area contributed by atoms with Crippen molar-refractivity contribution < 1.29 is 13.2 Å². The van der Waals surface area contributed by atoms with Crippen LogP contribution in [-0.4, -0.2) is 19.3 Å². The van der Waals surface area contributed by atoms with Gasteiger partial charge in [-0.05, 0) is 74.4 Å². The van der Waals surface area contributed by atoms with Crippen molar-refractivity contribution in [3.05, 3.63) is 82.9 Å². The summed E-state index contributed by atoms with van der Waals surface area (Å²) in [5.74, 6) is -0.304. The highest BCUT2D eigenvalue weighted by Gasteiger charge is 2.15. The summed E-state index contributed by atoms with van der Waals surface area (Å²) in [5, 5.41) is 3.35. The average molecular weight is 452 g/mol. The van der Waals surface area contributed by atoms with E-state index in [9.17, 15) is 13.2 Å². The second-order valence-electron chi connectivity index (χ2n) is 7.40. The number of sulfonamides is 1. The summed E-state index contributed by atoms with van der Waals surface area (Å²) >= 11 is 1.43. The smallest absolute Gasteiger partial charge is 0.261 e. The molecule has 8 heteroatoms. The van der Waals surface area contributed by atoms with Crippen molar-refractivity contribution >= 4 is 48.3 Å². The maximum atomic E-state index is 12.6. The van der Waals surface area contributed by atoms with Crippen LogP contribution in [0.25, 0.3) is 10.2 Å². The standard InChI is InChI=1S/C23H21N3O3S2/c1-14-4-10-19(11-5-14)31(28,29)26-18-8-6-17(7-9-18)22(27)25-23-24-20-13-15(2)12-16(3)21(20)30-23/h4-13,26H,1-3H3,(H,24,25,27). The van der Waals surface area contributed by atoms with Crippen LogP contribution in [0.4, 0.5) is 10.8 Å². The summed E-state index contributed by atoms with van der Waals surface area (Å²) in [4.78, 5) is 17.3. The second-order valence-corrected chi connectivity index (χ2v) is 10.1. The van der Waals surface area contributed by atoms with Crippen molar-refractivity contribution in [1.82, 2.24) is 4.98 Å². The Hall–Kier alpha value is -3.23. The van der Waals surface area contributed by atoms with E-state index in [0.29, 0.717) is 16.4 Å². The number of anilines is 2. The van der Waals surface area contributed by atoms with Crippen LogP contribution in [0.15, 0.2) is 65.6 Å². The largest absolute Gasteiger partial charge is 0.298 e. The number of benzene rings is 3. The molecule has 2 N–H and O–H groups in total. The van der Waals surface area contributed by atoms with Gasteiger partial charge in [-0.3, -0.25) is 14.8 Å². The third-order valence-electron chi connectivity index (χ3n) is 4.77. The first-order chi connectivity index (χ1) is 14.7. The zero-order valence-electron chi connectivity index (χ0n) is 17.3.